The van der Waals surface area contributed by atoms with Crippen LogP contribution in [0.1, 0.15) is 55.7 Å². The largest absolute Gasteiger partial charge is 0.369 e. The number of nitrogens with one attached hydrogen (secondary N) is 1. The van der Waals surface area contributed by atoms with Crippen molar-refractivity contribution >= 4 is 22.3 Å². The number of fused-ring (bicyclic) bond motifs is 1. The molecule has 4 aromatic rings. The molecule has 1 aliphatic rings. The van der Waals surface area contributed by atoms with Crippen LogP contribution in [-0.2, 0) is 5.54 Å². The first kappa shape index (κ1) is 26.5. The molecule has 1 saturated heterocycles. The predicted octanol–water partition coefficient (Wildman–Crippen LogP) is 4.10. The van der Waals surface area contributed by atoms with Crippen molar-refractivity contribution in [2.75, 3.05) is 31.1 Å². The average Bonchev–Trinajstić information content (AvgIpc) is 3.41. The lowest BCUT2D eigenvalue weighted by Crippen LogP contribution is -2.49. The van der Waals surface area contributed by atoms with Gasteiger partial charge in [0.05, 0.1) is 16.0 Å². The SMILES string of the molecule is CCC(C)(C)n1nnnc1[C@H](c1cc2cc(C)cc(C)c2[nH]c1=O)N1CCN(c2ccc([N+](=O)[O-])cc2)CC1. The van der Waals surface area contributed by atoms with E-state index in [-0.39, 0.29) is 16.8 Å². The number of nitro groups is 1. The highest BCUT2D eigenvalue weighted by molar-refractivity contribution is 5.83. The summed E-state index contributed by atoms with van der Waals surface area (Å²) in [5, 5.41) is 24.9. The summed E-state index contributed by atoms with van der Waals surface area (Å²) in [5.74, 6) is 0.639. The third-order valence-electron chi connectivity index (χ3n) is 7.90. The first-order valence-corrected chi connectivity index (χ1v) is 13.3. The highest BCUT2D eigenvalue weighted by Crippen LogP contribution is 2.32. The van der Waals surface area contributed by atoms with Gasteiger partial charge >= 0.3 is 0 Å². The standard InChI is InChI=1S/C28H34N8O3/c1-6-28(4,5)35-26(30-31-32-35)25(23-17-20-16-18(2)15-19(3)24(20)29-27(23)37)34-13-11-33(12-14-34)21-7-9-22(10-8-21)36(38)39/h7-10,15-17,25H,6,11-14H2,1-5H3,(H,29,37)/t25-/m0/s1. The maximum Gasteiger partial charge on any atom is 0.269 e. The molecule has 11 nitrogen and oxygen atoms in total. The number of aromatic nitrogens is 5. The Bertz CT molecular complexity index is 1570. The lowest BCUT2D eigenvalue weighted by molar-refractivity contribution is -0.384. The average molecular weight is 531 g/mol. The van der Waals surface area contributed by atoms with Crippen LogP contribution in [0.4, 0.5) is 11.4 Å². The van der Waals surface area contributed by atoms with Crippen LogP contribution < -0.4 is 10.5 Å². The number of anilines is 1. The van der Waals surface area contributed by atoms with E-state index in [9.17, 15) is 14.9 Å². The van der Waals surface area contributed by atoms with Gasteiger partial charge in [-0.1, -0.05) is 18.6 Å². The van der Waals surface area contributed by atoms with Gasteiger partial charge in [0.1, 0.15) is 6.04 Å². The van der Waals surface area contributed by atoms with E-state index in [1.54, 1.807) is 12.1 Å². The number of pyridine rings is 1. The number of aromatic amines is 1. The minimum atomic E-state index is -0.446. The molecule has 3 heterocycles. The zero-order chi connectivity index (χ0) is 27.9. The number of benzene rings is 2. The fraction of sp³-hybridized carbons (Fsp3) is 0.429. The summed E-state index contributed by atoms with van der Waals surface area (Å²) in [4.78, 5) is 31.9. The molecular weight excluding hydrogens is 496 g/mol. The number of aryl methyl sites for hydroxylation is 2. The summed E-state index contributed by atoms with van der Waals surface area (Å²) in [6.07, 6.45) is 0.818. The van der Waals surface area contributed by atoms with Crippen molar-refractivity contribution in [2.24, 2.45) is 0 Å². The fourth-order valence-corrected chi connectivity index (χ4v) is 5.37. The molecule has 1 fully saturated rings. The molecular formula is C28H34N8O3. The van der Waals surface area contributed by atoms with Crippen LogP contribution in [0.3, 0.4) is 0 Å². The molecule has 2 aromatic heterocycles. The van der Waals surface area contributed by atoms with Gasteiger partial charge in [0.25, 0.3) is 11.2 Å². The third kappa shape index (κ3) is 5.01. The monoisotopic (exact) mass is 530 g/mol. The van der Waals surface area contributed by atoms with Gasteiger partial charge in [0.2, 0.25) is 0 Å². The van der Waals surface area contributed by atoms with Crippen molar-refractivity contribution in [3.05, 3.63) is 85.4 Å². The molecule has 204 valence electrons. The van der Waals surface area contributed by atoms with Crippen molar-refractivity contribution in [1.82, 2.24) is 30.1 Å². The second kappa shape index (κ2) is 10.2. The van der Waals surface area contributed by atoms with Crippen molar-refractivity contribution in [2.45, 2.75) is 52.6 Å². The predicted molar refractivity (Wildman–Crippen MR) is 150 cm³/mol. The minimum absolute atomic E-state index is 0.0730. The van der Waals surface area contributed by atoms with Gasteiger partial charge in [-0.2, -0.15) is 0 Å². The highest BCUT2D eigenvalue weighted by atomic mass is 16.6. The maximum absolute atomic E-state index is 13.6. The van der Waals surface area contributed by atoms with E-state index in [4.69, 9.17) is 0 Å². The second-order valence-corrected chi connectivity index (χ2v) is 10.9. The Morgan fingerprint density at radius 1 is 1.08 bits per heavy atom. The van der Waals surface area contributed by atoms with Crippen molar-refractivity contribution < 1.29 is 4.92 Å². The Kier molecular flexibility index (Phi) is 6.94. The van der Waals surface area contributed by atoms with Crippen molar-refractivity contribution in [3.8, 4) is 0 Å². The number of piperazine rings is 1. The fourth-order valence-electron chi connectivity index (χ4n) is 5.37. The van der Waals surface area contributed by atoms with Crippen LogP contribution in [0.5, 0.6) is 0 Å². The van der Waals surface area contributed by atoms with Crippen LogP contribution in [0.25, 0.3) is 10.9 Å². The van der Waals surface area contributed by atoms with Gasteiger partial charge in [-0.15, -0.1) is 5.10 Å². The highest BCUT2D eigenvalue weighted by Gasteiger charge is 2.35. The van der Waals surface area contributed by atoms with Crippen LogP contribution in [0.15, 0.2) is 47.3 Å². The van der Waals surface area contributed by atoms with Gasteiger partial charge in [-0.3, -0.25) is 19.8 Å². The molecule has 0 spiro atoms. The Hall–Kier alpha value is -4.12. The molecule has 5 rings (SSSR count). The van der Waals surface area contributed by atoms with Gasteiger partial charge in [-0.05, 0) is 79.8 Å². The van der Waals surface area contributed by atoms with Gasteiger partial charge in [-0.25, -0.2) is 4.68 Å². The van der Waals surface area contributed by atoms with Crippen LogP contribution in [-0.4, -0.2) is 61.2 Å². The number of non-ortho nitro benzene ring substituents is 1. The van der Waals surface area contributed by atoms with Gasteiger partial charge < -0.3 is 9.88 Å². The number of hydrogen-bond acceptors (Lipinski definition) is 8. The summed E-state index contributed by atoms with van der Waals surface area (Å²) in [7, 11) is 0. The zero-order valence-corrected chi connectivity index (χ0v) is 23.0. The second-order valence-electron chi connectivity index (χ2n) is 10.9. The summed E-state index contributed by atoms with van der Waals surface area (Å²) in [5.41, 5.74) is 4.12. The number of tetrazole rings is 1. The zero-order valence-electron chi connectivity index (χ0n) is 23.0. The molecule has 0 aliphatic carbocycles. The lowest BCUT2D eigenvalue weighted by atomic mass is 9.98. The molecule has 1 N–H and O–H groups in total. The van der Waals surface area contributed by atoms with Gasteiger partial charge in [0.15, 0.2) is 5.82 Å². The Morgan fingerprint density at radius 3 is 2.41 bits per heavy atom. The van der Waals surface area contributed by atoms with E-state index in [1.165, 1.54) is 12.1 Å². The topological polar surface area (TPSA) is 126 Å². The van der Waals surface area contributed by atoms with E-state index in [2.05, 4.69) is 70.1 Å². The van der Waals surface area contributed by atoms with Gasteiger partial charge in [0, 0.05) is 49.6 Å². The molecule has 1 aliphatic heterocycles. The van der Waals surface area contributed by atoms with E-state index < -0.39 is 11.0 Å². The molecule has 11 heteroatoms. The molecule has 0 unspecified atom stereocenters. The number of hydrogen-bond donors (Lipinski definition) is 1. The van der Waals surface area contributed by atoms with E-state index >= 15 is 0 Å². The van der Waals surface area contributed by atoms with E-state index in [0.29, 0.717) is 37.6 Å². The molecule has 0 radical (unpaired) electrons. The third-order valence-corrected chi connectivity index (χ3v) is 7.90. The molecule has 39 heavy (non-hydrogen) atoms. The first-order chi connectivity index (χ1) is 18.6. The summed E-state index contributed by atoms with van der Waals surface area (Å²) in [6.45, 7) is 13.0. The quantitative estimate of drug-likeness (QED) is 0.280. The molecule has 0 saturated carbocycles. The summed E-state index contributed by atoms with van der Waals surface area (Å²) >= 11 is 0. The maximum atomic E-state index is 13.6. The van der Waals surface area contributed by atoms with Crippen LogP contribution in [0.2, 0.25) is 0 Å². The van der Waals surface area contributed by atoms with Crippen molar-refractivity contribution in [1.29, 1.82) is 0 Å². The normalized spacial score (nSPS) is 15.6. The Morgan fingerprint density at radius 2 is 1.77 bits per heavy atom. The number of rotatable bonds is 7. The Balaban J connectivity index is 1.54. The molecule has 0 amide bonds. The molecule has 2 aromatic carbocycles. The molecule has 1 atom stereocenters. The Labute approximate surface area is 226 Å². The summed E-state index contributed by atoms with van der Waals surface area (Å²) in [6, 6.07) is 12.3. The van der Waals surface area contributed by atoms with Crippen LogP contribution >= 0.6 is 0 Å². The molecule has 0 bridgehead atoms. The van der Waals surface area contributed by atoms with Crippen molar-refractivity contribution in [3.63, 3.8) is 0 Å². The lowest BCUT2D eigenvalue weighted by Gasteiger charge is -2.40. The summed E-state index contributed by atoms with van der Waals surface area (Å²) < 4.78 is 1.85. The minimum Gasteiger partial charge on any atom is -0.369 e. The van der Waals surface area contributed by atoms with Crippen LogP contribution in [0, 0.1) is 24.0 Å². The number of nitro benzene ring substituents is 1. The number of nitrogens with zero attached hydrogens (tertiary/aromatic N) is 7. The smallest absolute Gasteiger partial charge is 0.269 e. The van der Waals surface area contributed by atoms with E-state index in [1.807, 2.05) is 17.7 Å². The first-order valence-electron chi connectivity index (χ1n) is 13.3. The van der Waals surface area contributed by atoms with E-state index in [0.717, 1.165) is 34.1 Å². The number of H-pyrrole nitrogens is 1.